The van der Waals surface area contributed by atoms with Crippen molar-refractivity contribution in [1.82, 2.24) is 0 Å². The van der Waals surface area contributed by atoms with Crippen molar-refractivity contribution in [2.75, 3.05) is 20.8 Å². The van der Waals surface area contributed by atoms with Gasteiger partial charge in [0, 0.05) is 32.5 Å². The van der Waals surface area contributed by atoms with Gasteiger partial charge in [-0.15, -0.1) is 0 Å². The van der Waals surface area contributed by atoms with Crippen molar-refractivity contribution in [2.24, 2.45) is 0 Å². The third-order valence-electron chi connectivity index (χ3n) is 6.32. The lowest BCUT2D eigenvalue weighted by atomic mass is 9.50. The molecule has 0 heterocycles. The Hall–Kier alpha value is -0.900. The zero-order valence-electron chi connectivity index (χ0n) is 13.6. The predicted molar refractivity (Wildman–Crippen MR) is 80.7 cm³/mol. The van der Waals surface area contributed by atoms with E-state index in [4.69, 9.17) is 9.47 Å². The van der Waals surface area contributed by atoms with Crippen molar-refractivity contribution in [1.29, 1.82) is 0 Å². The first-order valence-corrected chi connectivity index (χ1v) is 7.77. The fourth-order valence-corrected chi connectivity index (χ4v) is 4.95. The third kappa shape index (κ3) is 1.32. The number of benzene rings is 1. The van der Waals surface area contributed by atoms with Crippen LogP contribution in [0.5, 0.6) is 0 Å². The molecule has 3 aliphatic rings. The number of aliphatic hydroxyl groups is 1. The summed E-state index contributed by atoms with van der Waals surface area (Å²) in [6, 6.07) is 0. The van der Waals surface area contributed by atoms with Gasteiger partial charge in [0.15, 0.2) is 0 Å². The van der Waals surface area contributed by atoms with E-state index in [1.807, 2.05) is 0 Å². The van der Waals surface area contributed by atoms with E-state index < -0.39 is 0 Å². The number of aliphatic hydroxyl groups excluding tert-OH is 1. The van der Waals surface area contributed by atoms with Gasteiger partial charge in [0.25, 0.3) is 0 Å². The summed E-state index contributed by atoms with van der Waals surface area (Å²) in [7, 11) is 3.60. The van der Waals surface area contributed by atoms with Crippen LogP contribution in [0.2, 0.25) is 0 Å². The molecule has 0 amide bonds. The van der Waals surface area contributed by atoms with Crippen LogP contribution in [0.1, 0.15) is 54.2 Å². The highest BCUT2D eigenvalue weighted by atomic mass is 16.5. The Morgan fingerprint density at radius 2 is 1.24 bits per heavy atom. The van der Waals surface area contributed by atoms with Gasteiger partial charge in [0.2, 0.25) is 0 Å². The fraction of sp³-hybridized carbons (Fsp3) is 0.667. The van der Waals surface area contributed by atoms with Gasteiger partial charge in [-0.05, 0) is 53.6 Å². The summed E-state index contributed by atoms with van der Waals surface area (Å²) in [6.45, 7) is 6.75. The topological polar surface area (TPSA) is 38.7 Å². The molecule has 3 atom stereocenters. The van der Waals surface area contributed by atoms with E-state index in [1.165, 1.54) is 33.4 Å². The van der Waals surface area contributed by atoms with Crippen LogP contribution in [0.3, 0.4) is 0 Å². The number of fused-ring (bicyclic) bond motifs is 6. The molecule has 0 aliphatic heterocycles. The summed E-state index contributed by atoms with van der Waals surface area (Å²) in [5, 5.41) is 9.82. The maximum Gasteiger partial charge on any atom is 0.0945 e. The minimum atomic E-state index is -0.157. The van der Waals surface area contributed by atoms with Crippen molar-refractivity contribution in [3.63, 3.8) is 0 Å². The molecule has 0 aromatic heterocycles. The van der Waals surface area contributed by atoms with E-state index in [-0.39, 0.29) is 23.2 Å². The smallest absolute Gasteiger partial charge is 0.0945 e. The second-order valence-corrected chi connectivity index (χ2v) is 7.68. The molecule has 1 N–H and O–H groups in total. The minimum Gasteiger partial charge on any atom is -0.395 e. The normalized spacial score (nSPS) is 38.6. The van der Waals surface area contributed by atoms with Crippen LogP contribution in [0, 0.1) is 0 Å². The van der Waals surface area contributed by atoms with Crippen molar-refractivity contribution >= 4 is 0 Å². The molecule has 4 rings (SSSR count). The first-order chi connectivity index (χ1) is 9.83. The molecule has 0 saturated heterocycles. The summed E-state index contributed by atoms with van der Waals surface area (Å²) < 4.78 is 11.6. The lowest BCUT2D eigenvalue weighted by molar-refractivity contribution is -0.0406. The van der Waals surface area contributed by atoms with Crippen LogP contribution in [0.4, 0.5) is 0 Å². The maximum atomic E-state index is 9.82. The Labute approximate surface area is 126 Å². The first kappa shape index (κ1) is 13.7. The van der Waals surface area contributed by atoms with Gasteiger partial charge in [-0.1, -0.05) is 6.92 Å². The van der Waals surface area contributed by atoms with Gasteiger partial charge < -0.3 is 14.6 Å². The van der Waals surface area contributed by atoms with Crippen molar-refractivity contribution in [3.8, 4) is 0 Å². The summed E-state index contributed by atoms with van der Waals surface area (Å²) in [6.07, 6.45) is 2.91. The van der Waals surface area contributed by atoms with Gasteiger partial charge in [0.1, 0.15) is 0 Å². The minimum absolute atomic E-state index is 0.0756. The Kier molecular flexibility index (Phi) is 2.42. The molecule has 0 fully saturated rings. The average molecular weight is 288 g/mol. The summed E-state index contributed by atoms with van der Waals surface area (Å²) in [5.74, 6) is 0. The highest BCUT2D eigenvalue weighted by molar-refractivity contribution is 5.70. The zero-order chi connectivity index (χ0) is 15.2. The second kappa shape index (κ2) is 3.70. The number of hydrogen-bond donors (Lipinski definition) is 1. The molecule has 21 heavy (non-hydrogen) atoms. The molecule has 0 radical (unpaired) electrons. The molecule has 114 valence electrons. The zero-order valence-corrected chi connectivity index (χ0v) is 13.6. The van der Waals surface area contributed by atoms with Crippen LogP contribution < -0.4 is 0 Å². The van der Waals surface area contributed by atoms with E-state index in [0.29, 0.717) is 0 Å². The Morgan fingerprint density at radius 1 is 0.810 bits per heavy atom. The number of ether oxygens (including phenoxy) is 2. The molecule has 0 saturated carbocycles. The molecular formula is C18H24O3. The maximum absolute atomic E-state index is 9.82. The van der Waals surface area contributed by atoms with Crippen LogP contribution in [-0.2, 0) is 45.4 Å². The predicted octanol–water partition coefficient (Wildman–Crippen LogP) is 2.33. The third-order valence-corrected chi connectivity index (χ3v) is 6.32. The van der Waals surface area contributed by atoms with Crippen molar-refractivity contribution < 1.29 is 14.6 Å². The molecule has 3 heteroatoms. The van der Waals surface area contributed by atoms with E-state index in [0.717, 1.165) is 19.3 Å². The van der Waals surface area contributed by atoms with Crippen LogP contribution >= 0.6 is 0 Å². The lowest BCUT2D eigenvalue weighted by Crippen LogP contribution is -2.54. The lowest BCUT2D eigenvalue weighted by Gasteiger charge is -2.57. The average Bonchev–Trinajstić information content (AvgIpc) is 2.43. The Morgan fingerprint density at radius 3 is 1.67 bits per heavy atom. The fourth-order valence-electron chi connectivity index (χ4n) is 4.95. The van der Waals surface area contributed by atoms with Gasteiger partial charge in [0.05, 0.1) is 17.8 Å². The SMILES string of the molecule is COC1(C)Cc2c3c(c4c(c21)CC4(C)OC)CC3(C)CO. The van der Waals surface area contributed by atoms with Crippen LogP contribution in [0.25, 0.3) is 0 Å². The summed E-state index contributed by atoms with van der Waals surface area (Å²) in [4.78, 5) is 0. The summed E-state index contributed by atoms with van der Waals surface area (Å²) in [5.41, 5.74) is 8.09. The van der Waals surface area contributed by atoms with Crippen molar-refractivity contribution in [2.45, 2.75) is 56.7 Å². The Balaban J connectivity index is 1.98. The Bertz CT molecular complexity index is 553. The first-order valence-electron chi connectivity index (χ1n) is 7.77. The quantitative estimate of drug-likeness (QED) is 0.928. The second-order valence-electron chi connectivity index (χ2n) is 7.68. The standard InChI is InChI=1S/C18H24O3/c1-16(9-19)6-10-13(16)11-7-17(2,20-4)15(11)12-8-18(3,21-5)14(10)12/h19H,6-9H2,1-5H3. The molecule has 1 aromatic rings. The van der Waals surface area contributed by atoms with E-state index >= 15 is 0 Å². The number of rotatable bonds is 3. The molecule has 3 aliphatic carbocycles. The molecule has 3 unspecified atom stereocenters. The monoisotopic (exact) mass is 288 g/mol. The molecular weight excluding hydrogens is 264 g/mol. The van der Waals surface area contributed by atoms with Crippen LogP contribution in [-0.4, -0.2) is 25.9 Å². The number of hydrogen-bond acceptors (Lipinski definition) is 3. The van der Waals surface area contributed by atoms with E-state index in [2.05, 4.69) is 20.8 Å². The molecule has 3 nitrogen and oxygen atoms in total. The summed E-state index contributed by atoms with van der Waals surface area (Å²) >= 11 is 0. The van der Waals surface area contributed by atoms with Gasteiger partial charge >= 0.3 is 0 Å². The van der Waals surface area contributed by atoms with Gasteiger partial charge in [-0.3, -0.25) is 0 Å². The van der Waals surface area contributed by atoms with Crippen molar-refractivity contribution in [3.05, 3.63) is 33.4 Å². The van der Waals surface area contributed by atoms with E-state index in [1.54, 1.807) is 14.2 Å². The highest BCUT2D eigenvalue weighted by Crippen LogP contribution is 2.61. The van der Waals surface area contributed by atoms with Gasteiger partial charge in [-0.25, -0.2) is 0 Å². The molecule has 0 bridgehead atoms. The highest BCUT2D eigenvalue weighted by Gasteiger charge is 2.57. The van der Waals surface area contributed by atoms with Gasteiger partial charge in [-0.2, -0.15) is 0 Å². The largest absolute Gasteiger partial charge is 0.395 e. The van der Waals surface area contributed by atoms with Crippen LogP contribution in [0.15, 0.2) is 0 Å². The molecule has 1 aromatic carbocycles. The number of methoxy groups -OCH3 is 2. The van der Waals surface area contributed by atoms with E-state index in [9.17, 15) is 5.11 Å². The molecule has 0 spiro atoms.